The Morgan fingerprint density at radius 2 is 2.15 bits per heavy atom. The summed E-state index contributed by atoms with van der Waals surface area (Å²) in [4.78, 5) is 0. The molecule has 1 atom stereocenters. The van der Waals surface area contributed by atoms with Gasteiger partial charge in [0.25, 0.3) is 0 Å². The Morgan fingerprint density at radius 3 is 2.85 bits per heavy atom. The molecular formula is C11H13Cl2N5OS. The van der Waals surface area contributed by atoms with E-state index in [-0.39, 0.29) is 0 Å². The highest BCUT2D eigenvalue weighted by molar-refractivity contribution is 7.84. The van der Waals surface area contributed by atoms with Crippen LogP contribution in [-0.2, 0) is 17.3 Å². The predicted octanol–water partition coefficient (Wildman–Crippen LogP) is 2.00. The average Bonchev–Trinajstić information content (AvgIpc) is 2.81. The number of hydrogen-bond acceptors (Lipinski definition) is 5. The van der Waals surface area contributed by atoms with Gasteiger partial charge >= 0.3 is 0 Å². The Kier molecular flexibility index (Phi) is 4.95. The second-order valence-electron chi connectivity index (χ2n) is 4.22. The zero-order valence-electron chi connectivity index (χ0n) is 10.7. The molecular weight excluding hydrogens is 321 g/mol. The fraction of sp³-hybridized carbons (Fsp3) is 0.364. The number of tetrazole rings is 1. The number of rotatable bonds is 5. The molecule has 0 radical (unpaired) electrons. The quantitative estimate of drug-likeness (QED) is 0.845. The Labute approximate surface area is 128 Å². The third-order valence-electron chi connectivity index (χ3n) is 2.63. The molecule has 0 amide bonds. The zero-order chi connectivity index (χ0) is 14.7. The SMILES string of the molecule is CS(=O)CCCn1nnnc1-c1cc(N)cc(Cl)c1Cl. The number of anilines is 1. The molecule has 108 valence electrons. The second kappa shape index (κ2) is 6.51. The van der Waals surface area contributed by atoms with Crippen LogP contribution in [0.25, 0.3) is 11.4 Å². The summed E-state index contributed by atoms with van der Waals surface area (Å²) in [7, 11) is -0.839. The monoisotopic (exact) mass is 333 g/mol. The number of nitrogens with two attached hydrogens (primary N) is 1. The van der Waals surface area contributed by atoms with Crippen molar-refractivity contribution in [2.75, 3.05) is 17.7 Å². The van der Waals surface area contributed by atoms with Gasteiger partial charge in [-0.25, -0.2) is 4.68 Å². The molecule has 0 spiro atoms. The molecule has 0 fully saturated rings. The topological polar surface area (TPSA) is 86.7 Å². The maximum absolute atomic E-state index is 11.1. The molecule has 0 aliphatic carbocycles. The maximum Gasteiger partial charge on any atom is 0.183 e. The van der Waals surface area contributed by atoms with Crippen molar-refractivity contribution in [2.45, 2.75) is 13.0 Å². The highest BCUT2D eigenvalue weighted by Crippen LogP contribution is 2.34. The van der Waals surface area contributed by atoms with Crippen LogP contribution in [0.4, 0.5) is 5.69 Å². The first-order valence-corrected chi connectivity index (χ1v) is 8.28. The molecule has 2 rings (SSSR count). The summed E-state index contributed by atoms with van der Waals surface area (Å²) >= 11 is 12.2. The minimum Gasteiger partial charge on any atom is -0.399 e. The average molecular weight is 334 g/mol. The molecule has 1 unspecified atom stereocenters. The predicted molar refractivity (Wildman–Crippen MR) is 81.2 cm³/mol. The number of benzene rings is 1. The van der Waals surface area contributed by atoms with Gasteiger partial charge in [0, 0.05) is 40.6 Å². The summed E-state index contributed by atoms with van der Waals surface area (Å²) < 4.78 is 12.7. The highest BCUT2D eigenvalue weighted by Gasteiger charge is 2.15. The smallest absolute Gasteiger partial charge is 0.183 e. The Balaban J connectivity index is 2.30. The lowest BCUT2D eigenvalue weighted by Crippen LogP contribution is -2.07. The minimum absolute atomic E-state index is 0.353. The number of halogens is 2. The van der Waals surface area contributed by atoms with Crippen molar-refractivity contribution in [1.29, 1.82) is 0 Å². The van der Waals surface area contributed by atoms with Gasteiger partial charge in [0.2, 0.25) is 0 Å². The molecule has 0 bridgehead atoms. The van der Waals surface area contributed by atoms with E-state index in [9.17, 15) is 4.21 Å². The molecule has 6 nitrogen and oxygen atoms in total. The number of hydrogen-bond donors (Lipinski definition) is 1. The van der Waals surface area contributed by atoms with Crippen LogP contribution in [0.2, 0.25) is 10.0 Å². The summed E-state index contributed by atoms with van der Waals surface area (Å²) in [6.07, 6.45) is 2.36. The summed E-state index contributed by atoms with van der Waals surface area (Å²) in [6, 6.07) is 3.25. The third-order valence-corrected chi connectivity index (χ3v) is 4.29. The van der Waals surface area contributed by atoms with Gasteiger partial charge in [0.15, 0.2) is 5.82 Å². The zero-order valence-corrected chi connectivity index (χ0v) is 13.0. The van der Waals surface area contributed by atoms with E-state index in [0.29, 0.717) is 45.8 Å². The van der Waals surface area contributed by atoms with Crippen molar-refractivity contribution in [3.05, 3.63) is 22.2 Å². The molecule has 9 heteroatoms. The van der Waals surface area contributed by atoms with Gasteiger partial charge in [0.05, 0.1) is 10.0 Å². The van der Waals surface area contributed by atoms with E-state index in [1.807, 2.05) is 0 Å². The summed E-state index contributed by atoms with van der Waals surface area (Å²) in [6.45, 7) is 0.546. The number of aryl methyl sites for hydroxylation is 1. The molecule has 2 aromatic rings. The minimum atomic E-state index is -0.839. The van der Waals surface area contributed by atoms with Crippen LogP contribution < -0.4 is 5.73 Å². The standard InChI is InChI=1S/C11H13Cl2N5OS/c1-20(19)4-2-3-18-11(15-16-17-18)8-5-7(14)6-9(12)10(8)13/h5-6H,2-4,14H2,1H3. The lowest BCUT2D eigenvalue weighted by Gasteiger charge is -2.08. The van der Waals surface area contributed by atoms with E-state index in [1.165, 1.54) is 0 Å². The van der Waals surface area contributed by atoms with E-state index in [1.54, 1.807) is 23.1 Å². The van der Waals surface area contributed by atoms with Gasteiger partial charge in [-0.2, -0.15) is 0 Å². The van der Waals surface area contributed by atoms with E-state index in [0.717, 1.165) is 0 Å². The van der Waals surface area contributed by atoms with Gasteiger partial charge in [-0.15, -0.1) is 5.10 Å². The molecule has 1 aromatic carbocycles. The highest BCUT2D eigenvalue weighted by atomic mass is 35.5. The summed E-state index contributed by atoms with van der Waals surface area (Å²) in [5, 5.41) is 12.2. The van der Waals surface area contributed by atoms with Crippen molar-refractivity contribution in [2.24, 2.45) is 0 Å². The molecule has 1 heterocycles. The molecule has 0 aliphatic heterocycles. The van der Waals surface area contributed by atoms with Crippen molar-refractivity contribution < 1.29 is 4.21 Å². The van der Waals surface area contributed by atoms with E-state index in [4.69, 9.17) is 28.9 Å². The van der Waals surface area contributed by atoms with Gasteiger partial charge in [-0.1, -0.05) is 23.2 Å². The van der Waals surface area contributed by atoms with E-state index >= 15 is 0 Å². The van der Waals surface area contributed by atoms with Crippen LogP contribution in [0.5, 0.6) is 0 Å². The van der Waals surface area contributed by atoms with Crippen molar-refractivity contribution in [1.82, 2.24) is 20.2 Å². The third kappa shape index (κ3) is 3.47. The van der Waals surface area contributed by atoms with Gasteiger partial charge in [-0.3, -0.25) is 4.21 Å². The molecule has 0 saturated heterocycles. The fourth-order valence-electron chi connectivity index (χ4n) is 1.74. The Hall–Kier alpha value is -1.18. The number of nitrogen functional groups attached to an aromatic ring is 1. The Morgan fingerprint density at radius 1 is 1.40 bits per heavy atom. The van der Waals surface area contributed by atoms with Crippen LogP contribution in [-0.4, -0.2) is 36.4 Å². The van der Waals surface area contributed by atoms with Crippen LogP contribution >= 0.6 is 23.2 Å². The first-order chi connectivity index (χ1) is 9.49. The molecule has 0 aliphatic rings. The van der Waals surface area contributed by atoms with Crippen LogP contribution in [0.3, 0.4) is 0 Å². The normalized spacial score (nSPS) is 12.6. The molecule has 1 aromatic heterocycles. The summed E-state index contributed by atoms with van der Waals surface area (Å²) in [5.41, 5.74) is 6.83. The first kappa shape index (κ1) is 15.2. The van der Waals surface area contributed by atoms with E-state index < -0.39 is 10.8 Å². The van der Waals surface area contributed by atoms with Crippen molar-refractivity contribution in [3.63, 3.8) is 0 Å². The van der Waals surface area contributed by atoms with Gasteiger partial charge < -0.3 is 5.73 Å². The number of aromatic nitrogens is 4. The molecule has 20 heavy (non-hydrogen) atoms. The van der Waals surface area contributed by atoms with Crippen molar-refractivity contribution in [3.8, 4) is 11.4 Å². The van der Waals surface area contributed by atoms with Gasteiger partial charge in [0.1, 0.15) is 0 Å². The largest absolute Gasteiger partial charge is 0.399 e. The Bertz CT molecular complexity index is 646. The summed E-state index contributed by atoms with van der Waals surface area (Å²) in [5.74, 6) is 1.08. The van der Waals surface area contributed by atoms with Crippen LogP contribution in [0, 0.1) is 0 Å². The van der Waals surface area contributed by atoms with Crippen molar-refractivity contribution >= 4 is 39.7 Å². The molecule has 2 N–H and O–H groups in total. The first-order valence-electron chi connectivity index (χ1n) is 5.80. The van der Waals surface area contributed by atoms with E-state index in [2.05, 4.69) is 15.5 Å². The maximum atomic E-state index is 11.1. The van der Waals surface area contributed by atoms with Gasteiger partial charge in [-0.05, 0) is 29.0 Å². The fourth-order valence-corrected chi connectivity index (χ4v) is 2.70. The lowest BCUT2D eigenvalue weighted by atomic mass is 10.2. The number of nitrogens with zero attached hydrogens (tertiary/aromatic N) is 4. The van der Waals surface area contributed by atoms with Crippen LogP contribution in [0.15, 0.2) is 12.1 Å². The second-order valence-corrected chi connectivity index (χ2v) is 6.56. The lowest BCUT2D eigenvalue weighted by molar-refractivity contribution is 0.583. The molecule has 0 saturated carbocycles. The van der Waals surface area contributed by atoms with Crippen LogP contribution in [0.1, 0.15) is 6.42 Å².